The number of carbonyl (C=O) groups excluding carboxylic acids is 2. The van der Waals surface area contributed by atoms with E-state index < -0.39 is 0 Å². The third kappa shape index (κ3) is 3.74. The summed E-state index contributed by atoms with van der Waals surface area (Å²) in [7, 11) is 0. The lowest BCUT2D eigenvalue weighted by Crippen LogP contribution is -2.23. The standard InChI is InChI=1S/C19H17N5O3S/c25-16-9-7-15(8-10-16)24-19(20-21-22-24)28-12-17(26)13-3-5-14(6-4-13)23-11-1-2-18(23)27/h3-10,25H,1-2,11-12H2. The number of tetrazole rings is 1. The molecule has 1 aliphatic rings. The number of benzene rings is 2. The molecule has 1 aromatic heterocycles. The lowest BCUT2D eigenvalue weighted by atomic mass is 10.1. The molecule has 2 aromatic carbocycles. The minimum Gasteiger partial charge on any atom is -0.508 e. The van der Waals surface area contributed by atoms with Gasteiger partial charge in [0.1, 0.15) is 5.75 Å². The van der Waals surface area contributed by atoms with Gasteiger partial charge in [0.25, 0.3) is 0 Å². The van der Waals surface area contributed by atoms with Crippen molar-refractivity contribution in [3.8, 4) is 11.4 Å². The third-order valence-corrected chi connectivity index (χ3v) is 5.36. The Morgan fingerprint density at radius 2 is 1.79 bits per heavy atom. The lowest BCUT2D eigenvalue weighted by Gasteiger charge is -2.15. The summed E-state index contributed by atoms with van der Waals surface area (Å²) in [5.74, 6) is 0.404. The minimum absolute atomic E-state index is 0.0513. The Bertz CT molecular complexity index is 1000. The maximum Gasteiger partial charge on any atom is 0.227 e. The van der Waals surface area contributed by atoms with Crippen molar-refractivity contribution in [3.63, 3.8) is 0 Å². The average Bonchev–Trinajstić information content (AvgIpc) is 3.36. The molecule has 8 nitrogen and oxygen atoms in total. The van der Waals surface area contributed by atoms with Crippen molar-refractivity contribution < 1.29 is 14.7 Å². The molecule has 28 heavy (non-hydrogen) atoms. The molecule has 3 aromatic rings. The van der Waals surface area contributed by atoms with Crippen molar-refractivity contribution in [3.05, 3.63) is 54.1 Å². The highest BCUT2D eigenvalue weighted by Gasteiger charge is 2.21. The van der Waals surface area contributed by atoms with E-state index in [4.69, 9.17) is 0 Å². The van der Waals surface area contributed by atoms with Gasteiger partial charge in [0, 0.05) is 24.2 Å². The molecule has 0 radical (unpaired) electrons. The van der Waals surface area contributed by atoms with Crippen LogP contribution in [0.5, 0.6) is 5.75 Å². The van der Waals surface area contributed by atoms with Crippen LogP contribution in [0.2, 0.25) is 0 Å². The van der Waals surface area contributed by atoms with Gasteiger partial charge in [-0.05, 0) is 65.4 Å². The molecule has 1 N–H and O–H groups in total. The van der Waals surface area contributed by atoms with Gasteiger partial charge in [0.2, 0.25) is 11.1 Å². The number of carbonyl (C=O) groups is 2. The first kappa shape index (κ1) is 18.2. The van der Waals surface area contributed by atoms with Crippen LogP contribution >= 0.6 is 11.8 Å². The van der Waals surface area contributed by atoms with Crippen LogP contribution in [0.25, 0.3) is 5.69 Å². The Labute approximate surface area is 165 Å². The highest BCUT2D eigenvalue weighted by atomic mass is 32.2. The Kier molecular flexibility index (Phi) is 5.07. The molecular formula is C19H17N5O3S. The first-order valence-corrected chi connectivity index (χ1v) is 9.74. The molecule has 1 fully saturated rings. The third-order valence-electron chi connectivity index (χ3n) is 4.44. The van der Waals surface area contributed by atoms with Crippen LogP contribution in [-0.4, -0.2) is 49.3 Å². The van der Waals surface area contributed by atoms with Crippen molar-refractivity contribution in [2.45, 2.75) is 18.0 Å². The number of aromatic nitrogens is 4. The van der Waals surface area contributed by atoms with Crippen LogP contribution in [-0.2, 0) is 4.79 Å². The van der Waals surface area contributed by atoms with Crippen molar-refractivity contribution >= 4 is 29.1 Å². The summed E-state index contributed by atoms with van der Waals surface area (Å²) in [6.07, 6.45) is 1.44. The Morgan fingerprint density at radius 1 is 1.07 bits per heavy atom. The van der Waals surface area contributed by atoms with E-state index in [-0.39, 0.29) is 23.2 Å². The van der Waals surface area contributed by atoms with E-state index in [1.165, 1.54) is 16.4 Å². The highest BCUT2D eigenvalue weighted by Crippen LogP contribution is 2.24. The number of ketones is 1. The fraction of sp³-hybridized carbons (Fsp3) is 0.211. The number of Topliss-reactive ketones (excluding diaryl/α,β-unsaturated/α-hetero) is 1. The molecule has 0 aliphatic carbocycles. The maximum atomic E-state index is 12.5. The van der Waals surface area contributed by atoms with Crippen LogP contribution < -0.4 is 4.90 Å². The SMILES string of the molecule is O=C(CSc1nnnn1-c1ccc(O)cc1)c1ccc(N2CCCC2=O)cc1. The molecule has 0 atom stereocenters. The Hall–Kier alpha value is -3.20. The van der Waals surface area contributed by atoms with Crippen molar-refractivity contribution in [1.29, 1.82) is 0 Å². The number of aromatic hydroxyl groups is 1. The van der Waals surface area contributed by atoms with Crippen molar-refractivity contribution in [1.82, 2.24) is 20.2 Å². The van der Waals surface area contributed by atoms with Gasteiger partial charge in [-0.3, -0.25) is 9.59 Å². The number of rotatable bonds is 6. The number of hydrogen-bond acceptors (Lipinski definition) is 7. The molecule has 9 heteroatoms. The Balaban J connectivity index is 1.42. The summed E-state index contributed by atoms with van der Waals surface area (Å²) in [6, 6.07) is 13.6. The number of thioether (sulfide) groups is 1. The van der Waals surface area contributed by atoms with Crippen molar-refractivity contribution in [2.75, 3.05) is 17.2 Å². The van der Waals surface area contributed by atoms with Crippen LogP contribution in [0.1, 0.15) is 23.2 Å². The molecule has 1 saturated heterocycles. The highest BCUT2D eigenvalue weighted by molar-refractivity contribution is 7.99. The summed E-state index contributed by atoms with van der Waals surface area (Å²) in [6.45, 7) is 0.724. The fourth-order valence-corrected chi connectivity index (χ4v) is 3.77. The van der Waals surface area contributed by atoms with Crippen LogP contribution in [0.4, 0.5) is 5.69 Å². The molecule has 142 valence electrons. The quantitative estimate of drug-likeness (QED) is 0.505. The summed E-state index contributed by atoms with van der Waals surface area (Å²) in [5, 5.41) is 21.4. The van der Waals surface area contributed by atoms with Gasteiger partial charge < -0.3 is 10.0 Å². The molecule has 0 bridgehead atoms. The number of anilines is 1. The predicted octanol–water partition coefficient (Wildman–Crippen LogP) is 2.47. The minimum atomic E-state index is -0.0513. The van der Waals surface area contributed by atoms with Gasteiger partial charge in [0.15, 0.2) is 5.78 Å². The van der Waals surface area contributed by atoms with E-state index in [2.05, 4.69) is 15.5 Å². The smallest absolute Gasteiger partial charge is 0.227 e. The summed E-state index contributed by atoms with van der Waals surface area (Å²) in [4.78, 5) is 26.1. The normalized spacial score (nSPS) is 13.9. The number of amides is 1. The van der Waals surface area contributed by atoms with E-state index in [0.29, 0.717) is 22.8 Å². The van der Waals surface area contributed by atoms with E-state index in [9.17, 15) is 14.7 Å². The molecule has 1 aliphatic heterocycles. The van der Waals surface area contributed by atoms with E-state index in [0.717, 1.165) is 18.7 Å². The number of hydrogen-bond donors (Lipinski definition) is 1. The van der Waals surface area contributed by atoms with Gasteiger partial charge in [-0.15, -0.1) is 5.10 Å². The molecular weight excluding hydrogens is 378 g/mol. The summed E-state index contributed by atoms with van der Waals surface area (Å²) >= 11 is 1.24. The van der Waals surface area contributed by atoms with Crippen LogP contribution in [0.3, 0.4) is 0 Å². The van der Waals surface area contributed by atoms with E-state index >= 15 is 0 Å². The molecule has 0 spiro atoms. The molecule has 0 unspecified atom stereocenters. The van der Waals surface area contributed by atoms with E-state index in [1.54, 1.807) is 41.3 Å². The topological polar surface area (TPSA) is 101 Å². The second-order valence-electron chi connectivity index (χ2n) is 6.30. The molecule has 2 heterocycles. The average molecular weight is 395 g/mol. The van der Waals surface area contributed by atoms with Crippen LogP contribution in [0.15, 0.2) is 53.7 Å². The number of nitrogens with zero attached hydrogens (tertiary/aromatic N) is 5. The van der Waals surface area contributed by atoms with Gasteiger partial charge in [0.05, 0.1) is 11.4 Å². The van der Waals surface area contributed by atoms with Gasteiger partial charge in [-0.25, -0.2) is 0 Å². The number of phenols is 1. The maximum absolute atomic E-state index is 12.5. The molecule has 4 rings (SSSR count). The second kappa shape index (κ2) is 7.81. The van der Waals surface area contributed by atoms with Gasteiger partial charge in [-0.2, -0.15) is 4.68 Å². The molecule has 1 amide bonds. The molecule has 0 saturated carbocycles. The summed E-state index contributed by atoms with van der Waals surface area (Å²) < 4.78 is 1.51. The fourth-order valence-electron chi connectivity index (χ4n) is 2.99. The van der Waals surface area contributed by atoms with Crippen molar-refractivity contribution in [2.24, 2.45) is 0 Å². The lowest BCUT2D eigenvalue weighted by molar-refractivity contribution is -0.117. The Morgan fingerprint density at radius 3 is 2.46 bits per heavy atom. The zero-order valence-corrected chi connectivity index (χ0v) is 15.7. The second-order valence-corrected chi connectivity index (χ2v) is 7.24. The largest absolute Gasteiger partial charge is 0.508 e. The number of phenolic OH excluding ortho intramolecular Hbond substituents is 1. The predicted molar refractivity (Wildman–Crippen MR) is 104 cm³/mol. The van der Waals surface area contributed by atoms with Gasteiger partial charge in [-0.1, -0.05) is 11.8 Å². The van der Waals surface area contributed by atoms with Crippen LogP contribution in [0, 0.1) is 0 Å². The zero-order valence-electron chi connectivity index (χ0n) is 14.9. The summed E-state index contributed by atoms with van der Waals surface area (Å²) in [5.41, 5.74) is 2.09. The zero-order chi connectivity index (χ0) is 19.5. The first-order chi connectivity index (χ1) is 13.6. The first-order valence-electron chi connectivity index (χ1n) is 8.76. The van der Waals surface area contributed by atoms with E-state index in [1.807, 2.05) is 12.1 Å². The van der Waals surface area contributed by atoms with Gasteiger partial charge >= 0.3 is 0 Å². The monoisotopic (exact) mass is 395 g/mol.